The van der Waals surface area contributed by atoms with Crippen molar-refractivity contribution in [2.45, 2.75) is 64.7 Å². The van der Waals surface area contributed by atoms with Crippen molar-refractivity contribution in [3.8, 4) is 17.3 Å². The zero-order chi connectivity index (χ0) is 20.8. The number of hydrogen-bond donors (Lipinski definition) is 1. The average molecular weight is 402 g/mol. The summed E-state index contributed by atoms with van der Waals surface area (Å²) in [6, 6.07) is 1.91. The molecule has 1 N–H and O–H groups in total. The summed E-state index contributed by atoms with van der Waals surface area (Å²) in [5.41, 5.74) is 1.61. The molecule has 0 radical (unpaired) electrons. The molecule has 1 atom stereocenters. The third-order valence-corrected chi connectivity index (χ3v) is 4.84. The van der Waals surface area contributed by atoms with Crippen LogP contribution in [0.3, 0.4) is 0 Å². The molecule has 0 aromatic carbocycles. The van der Waals surface area contributed by atoms with E-state index < -0.39 is 5.82 Å². The first-order valence-electron chi connectivity index (χ1n) is 9.90. The van der Waals surface area contributed by atoms with E-state index in [1.165, 1.54) is 6.92 Å². The number of carbonyl (C=O) groups is 1. The van der Waals surface area contributed by atoms with Gasteiger partial charge in [0.25, 0.3) is 0 Å². The van der Waals surface area contributed by atoms with Crippen LogP contribution in [0, 0.1) is 12.7 Å². The Labute approximate surface area is 170 Å². The largest absolute Gasteiger partial charge is 0.474 e. The van der Waals surface area contributed by atoms with Crippen LogP contribution in [0.2, 0.25) is 0 Å². The van der Waals surface area contributed by atoms with Gasteiger partial charge in [-0.15, -0.1) is 0 Å². The minimum Gasteiger partial charge on any atom is -0.474 e. The number of pyridine rings is 1. The van der Waals surface area contributed by atoms with Gasteiger partial charge >= 0.3 is 0 Å². The molecule has 8 heteroatoms. The van der Waals surface area contributed by atoms with Crippen LogP contribution in [0.1, 0.15) is 45.1 Å². The molecule has 2 heterocycles. The van der Waals surface area contributed by atoms with Gasteiger partial charge in [0.15, 0.2) is 11.6 Å². The fourth-order valence-corrected chi connectivity index (χ4v) is 3.41. The molecule has 0 aliphatic heterocycles. The van der Waals surface area contributed by atoms with Gasteiger partial charge in [-0.1, -0.05) is 0 Å². The van der Waals surface area contributed by atoms with E-state index in [-0.39, 0.29) is 24.2 Å². The van der Waals surface area contributed by atoms with Gasteiger partial charge in [-0.3, -0.25) is 4.79 Å². The third kappa shape index (κ3) is 6.19. The van der Waals surface area contributed by atoms with Crippen LogP contribution in [-0.2, 0) is 9.53 Å². The normalized spacial score (nSPS) is 20.1. The van der Waals surface area contributed by atoms with E-state index in [0.717, 1.165) is 49.2 Å². The molecule has 156 valence electrons. The summed E-state index contributed by atoms with van der Waals surface area (Å²) in [5, 5.41) is 2.82. The summed E-state index contributed by atoms with van der Waals surface area (Å²) in [4.78, 5) is 23.4. The zero-order valence-electron chi connectivity index (χ0n) is 17.0. The topological polar surface area (TPSA) is 86.2 Å². The number of rotatable bonds is 7. The fourth-order valence-electron chi connectivity index (χ4n) is 3.41. The summed E-state index contributed by atoms with van der Waals surface area (Å²) in [5.74, 6) is 0.514. The molecule has 1 aliphatic carbocycles. The van der Waals surface area contributed by atoms with Crippen LogP contribution in [0.5, 0.6) is 5.88 Å². The number of ether oxygens (including phenoxy) is 2. The predicted molar refractivity (Wildman–Crippen MR) is 106 cm³/mol. The average Bonchev–Trinajstić information content (AvgIpc) is 2.69. The zero-order valence-corrected chi connectivity index (χ0v) is 17.0. The molecule has 0 bridgehead atoms. The first-order valence-corrected chi connectivity index (χ1v) is 9.90. The summed E-state index contributed by atoms with van der Waals surface area (Å²) in [7, 11) is 0. The van der Waals surface area contributed by atoms with Gasteiger partial charge in [0, 0.05) is 30.3 Å². The van der Waals surface area contributed by atoms with Gasteiger partial charge in [-0.25, -0.2) is 19.3 Å². The van der Waals surface area contributed by atoms with E-state index in [4.69, 9.17) is 9.47 Å². The molecule has 0 unspecified atom stereocenters. The smallest absolute Gasteiger partial charge is 0.217 e. The Kier molecular flexibility index (Phi) is 7.09. The van der Waals surface area contributed by atoms with Gasteiger partial charge in [0.2, 0.25) is 11.8 Å². The lowest BCUT2D eigenvalue weighted by Crippen LogP contribution is -2.37. The Morgan fingerprint density at radius 1 is 1.17 bits per heavy atom. The molecule has 1 amide bonds. The molecule has 0 spiro atoms. The second kappa shape index (κ2) is 9.73. The summed E-state index contributed by atoms with van der Waals surface area (Å²) in [6.07, 6.45) is 7.83. The van der Waals surface area contributed by atoms with Gasteiger partial charge in [-0.2, -0.15) is 0 Å². The lowest BCUT2D eigenvalue weighted by atomic mass is 9.95. The first kappa shape index (κ1) is 21.1. The van der Waals surface area contributed by atoms with Crippen LogP contribution >= 0.6 is 0 Å². The van der Waals surface area contributed by atoms with Crippen LogP contribution in [0.15, 0.2) is 24.7 Å². The lowest BCUT2D eigenvalue weighted by Gasteiger charge is -2.29. The van der Waals surface area contributed by atoms with E-state index in [1.807, 2.05) is 19.9 Å². The molecular formula is C21H27FN4O3. The van der Waals surface area contributed by atoms with E-state index in [0.29, 0.717) is 18.3 Å². The lowest BCUT2D eigenvalue weighted by molar-refractivity contribution is -0.120. The number of hydrogen-bond acceptors (Lipinski definition) is 6. The highest BCUT2D eigenvalue weighted by atomic mass is 19.1. The molecule has 29 heavy (non-hydrogen) atoms. The SMILES string of the molecule is CC(=O)N[C@@H](C)COC1CCC(Oc2ncc(-c3ncc(F)cn3)cc2C)CC1. The minimum absolute atomic E-state index is 0.0110. The first-order chi connectivity index (χ1) is 13.9. The predicted octanol–water partition coefficient (Wildman–Crippen LogP) is 3.22. The molecule has 0 saturated heterocycles. The maximum absolute atomic E-state index is 13.0. The van der Waals surface area contributed by atoms with Crippen molar-refractivity contribution in [2.24, 2.45) is 0 Å². The number of aryl methyl sites for hydroxylation is 1. The molecule has 1 aliphatic rings. The third-order valence-electron chi connectivity index (χ3n) is 4.84. The van der Waals surface area contributed by atoms with Crippen molar-refractivity contribution in [3.05, 3.63) is 36.0 Å². The second-order valence-corrected chi connectivity index (χ2v) is 7.52. The highest BCUT2D eigenvalue weighted by Crippen LogP contribution is 2.27. The number of nitrogens with zero attached hydrogens (tertiary/aromatic N) is 3. The highest BCUT2D eigenvalue weighted by Gasteiger charge is 2.24. The van der Waals surface area contributed by atoms with Crippen LogP contribution in [0.4, 0.5) is 4.39 Å². The van der Waals surface area contributed by atoms with E-state index in [9.17, 15) is 9.18 Å². The maximum Gasteiger partial charge on any atom is 0.217 e. The fraction of sp³-hybridized carbons (Fsp3) is 0.524. The second-order valence-electron chi connectivity index (χ2n) is 7.52. The van der Waals surface area contributed by atoms with Gasteiger partial charge < -0.3 is 14.8 Å². The molecule has 7 nitrogen and oxygen atoms in total. The highest BCUT2D eigenvalue weighted by molar-refractivity contribution is 5.73. The van der Waals surface area contributed by atoms with Crippen molar-refractivity contribution in [1.29, 1.82) is 0 Å². The molecule has 2 aromatic heterocycles. The quantitative estimate of drug-likeness (QED) is 0.765. The van der Waals surface area contributed by atoms with Crippen LogP contribution in [0.25, 0.3) is 11.4 Å². The number of aromatic nitrogens is 3. The van der Waals surface area contributed by atoms with Gasteiger partial charge in [0.05, 0.1) is 25.1 Å². The summed E-state index contributed by atoms with van der Waals surface area (Å²) >= 11 is 0. The Bertz CT molecular complexity index is 823. The van der Waals surface area contributed by atoms with Crippen molar-refractivity contribution in [3.63, 3.8) is 0 Å². The van der Waals surface area contributed by atoms with Crippen molar-refractivity contribution in [1.82, 2.24) is 20.3 Å². The monoisotopic (exact) mass is 402 g/mol. The maximum atomic E-state index is 13.0. The Morgan fingerprint density at radius 2 is 1.83 bits per heavy atom. The molecule has 2 aromatic rings. The van der Waals surface area contributed by atoms with E-state index in [2.05, 4.69) is 20.3 Å². The minimum atomic E-state index is -0.470. The Balaban J connectivity index is 1.49. The number of nitrogens with one attached hydrogen (secondary N) is 1. The van der Waals surface area contributed by atoms with Gasteiger partial charge in [0.1, 0.15) is 6.10 Å². The van der Waals surface area contributed by atoms with E-state index >= 15 is 0 Å². The van der Waals surface area contributed by atoms with Crippen molar-refractivity contribution < 1.29 is 18.7 Å². The molecule has 1 fully saturated rings. The summed E-state index contributed by atoms with van der Waals surface area (Å²) in [6.45, 7) is 5.89. The molecule has 3 rings (SSSR count). The summed E-state index contributed by atoms with van der Waals surface area (Å²) < 4.78 is 25.0. The van der Waals surface area contributed by atoms with Crippen molar-refractivity contribution in [2.75, 3.05) is 6.61 Å². The van der Waals surface area contributed by atoms with Crippen molar-refractivity contribution >= 4 is 5.91 Å². The number of carbonyl (C=O) groups excluding carboxylic acids is 1. The molecule has 1 saturated carbocycles. The number of halogens is 1. The van der Waals surface area contributed by atoms with Gasteiger partial charge in [-0.05, 0) is 45.6 Å². The van der Waals surface area contributed by atoms with Crippen LogP contribution in [-0.4, -0.2) is 45.7 Å². The molecular weight excluding hydrogens is 375 g/mol. The Morgan fingerprint density at radius 3 is 2.45 bits per heavy atom. The number of amides is 1. The standard InChI is InChI=1S/C21H27FN4O3/c1-13-8-16(20-23-10-17(22)11-24-20)9-25-21(13)29-19-6-4-18(5-7-19)28-12-14(2)26-15(3)27/h8-11,14,18-19H,4-7,12H2,1-3H3,(H,26,27)/t14-,18?,19?/m0/s1. The van der Waals surface area contributed by atoms with Crippen LogP contribution < -0.4 is 10.1 Å². The van der Waals surface area contributed by atoms with E-state index in [1.54, 1.807) is 6.20 Å². The Hall–Kier alpha value is -2.61.